The Bertz CT molecular complexity index is 1390. The van der Waals surface area contributed by atoms with Crippen LogP contribution >= 0.6 is 11.3 Å². The molecule has 0 amide bonds. The quantitative estimate of drug-likeness (QED) is 0.398. The standard InChI is InChI=1S/C23H17N3O2S2/c27-30(28,21-11-9-18(10-12-21)17-5-2-1-3-6-17)25-20-8-4-7-19(15-20)22-16-26-13-14-29-23(26)24-22/h1-16,25H. The van der Waals surface area contributed by atoms with Crippen LogP contribution < -0.4 is 4.72 Å². The minimum atomic E-state index is -3.70. The molecular weight excluding hydrogens is 414 g/mol. The number of nitrogens with one attached hydrogen (secondary N) is 1. The molecule has 0 bridgehead atoms. The van der Waals surface area contributed by atoms with Gasteiger partial charge in [-0.15, -0.1) is 11.3 Å². The second-order valence-corrected chi connectivity index (χ2v) is 9.35. The van der Waals surface area contributed by atoms with E-state index in [1.165, 1.54) is 0 Å². The topological polar surface area (TPSA) is 63.5 Å². The number of rotatable bonds is 5. The van der Waals surface area contributed by atoms with E-state index in [0.29, 0.717) is 5.69 Å². The van der Waals surface area contributed by atoms with E-state index in [1.807, 2.05) is 76.8 Å². The zero-order valence-corrected chi connectivity index (χ0v) is 17.4. The van der Waals surface area contributed by atoms with Crippen LogP contribution in [0.5, 0.6) is 0 Å². The van der Waals surface area contributed by atoms with Crippen molar-refractivity contribution in [1.29, 1.82) is 0 Å². The van der Waals surface area contributed by atoms with Crippen LogP contribution in [0.4, 0.5) is 5.69 Å². The summed E-state index contributed by atoms with van der Waals surface area (Å²) in [4.78, 5) is 5.70. The van der Waals surface area contributed by atoms with Crippen LogP contribution in [0.25, 0.3) is 27.3 Å². The van der Waals surface area contributed by atoms with Gasteiger partial charge in [0.25, 0.3) is 10.0 Å². The third-order valence-corrected chi connectivity index (χ3v) is 6.94. The SMILES string of the molecule is O=S(=O)(Nc1cccc(-c2cn3ccsc3n2)c1)c1ccc(-c2ccccc2)cc1. The summed E-state index contributed by atoms with van der Waals surface area (Å²) in [5.74, 6) is 0. The number of hydrogen-bond acceptors (Lipinski definition) is 4. The highest BCUT2D eigenvalue weighted by atomic mass is 32.2. The Kier molecular flexibility index (Phi) is 4.61. The molecule has 0 fully saturated rings. The van der Waals surface area contributed by atoms with Crippen LogP contribution in [0.2, 0.25) is 0 Å². The van der Waals surface area contributed by atoms with Gasteiger partial charge >= 0.3 is 0 Å². The third-order valence-electron chi connectivity index (χ3n) is 4.78. The molecule has 0 aliphatic carbocycles. The Morgan fingerprint density at radius 2 is 1.57 bits per heavy atom. The maximum Gasteiger partial charge on any atom is 0.261 e. The number of anilines is 1. The second-order valence-electron chi connectivity index (χ2n) is 6.80. The van der Waals surface area contributed by atoms with Gasteiger partial charge in [0.1, 0.15) is 0 Å². The molecule has 0 unspecified atom stereocenters. The van der Waals surface area contributed by atoms with Crippen molar-refractivity contribution in [1.82, 2.24) is 9.38 Å². The van der Waals surface area contributed by atoms with Gasteiger partial charge in [-0.1, -0.05) is 54.6 Å². The molecule has 0 saturated carbocycles. The predicted molar refractivity (Wildman–Crippen MR) is 121 cm³/mol. The average molecular weight is 432 g/mol. The first-order valence-corrected chi connectivity index (χ1v) is 11.7. The first-order chi connectivity index (χ1) is 14.6. The fourth-order valence-electron chi connectivity index (χ4n) is 3.28. The van der Waals surface area contributed by atoms with E-state index in [9.17, 15) is 8.42 Å². The number of nitrogens with zero attached hydrogens (tertiary/aromatic N) is 2. The van der Waals surface area contributed by atoms with Gasteiger partial charge in [-0.2, -0.15) is 0 Å². The van der Waals surface area contributed by atoms with E-state index >= 15 is 0 Å². The predicted octanol–water partition coefficient (Wildman–Crippen LogP) is 5.53. The van der Waals surface area contributed by atoms with Crippen molar-refractivity contribution >= 4 is 32.0 Å². The molecule has 5 aromatic rings. The van der Waals surface area contributed by atoms with Crippen LogP contribution in [-0.2, 0) is 10.0 Å². The van der Waals surface area contributed by atoms with Gasteiger partial charge in [0, 0.05) is 29.0 Å². The van der Waals surface area contributed by atoms with Crippen molar-refractivity contribution in [3.05, 3.63) is 96.6 Å². The molecule has 1 N–H and O–H groups in total. The van der Waals surface area contributed by atoms with Gasteiger partial charge < -0.3 is 0 Å². The van der Waals surface area contributed by atoms with Gasteiger partial charge in [0.05, 0.1) is 10.6 Å². The van der Waals surface area contributed by atoms with Crippen LogP contribution in [0, 0.1) is 0 Å². The third kappa shape index (κ3) is 3.60. The summed E-state index contributed by atoms with van der Waals surface area (Å²) >= 11 is 1.55. The Hall–Kier alpha value is -3.42. The van der Waals surface area contributed by atoms with Crippen LogP contribution in [0.15, 0.2) is 102 Å². The first-order valence-electron chi connectivity index (χ1n) is 9.29. The largest absolute Gasteiger partial charge is 0.297 e. The average Bonchev–Trinajstić information content (AvgIpc) is 3.37. The number of thiazole rings is 1. The zero-order chi connectivity index (χ0) is 20.6. The zero-order valence-electron chi connectivity index (χ0n) is 15.8. The molecule has 5 rings (SSSR count). The summed E-state index contributed by atoms with van der Waals surface area (Å²) in [6.45, 7) is 0. The highest BCUT2D eigenvalue weighted by molar-refractivity contribution is 7.92. The summed E-state index contributed by atoms with van der Waals surface area (Å²) < 4.78 is 30.4. The lowest BCUT2D eigenvalue weighted by Gasteiger charge is -2.10. The molecule has 0 saturated heterocycles. The van der Waals surface area contributed by atoms with Crippen molar-refractivity contribution < 1.29 is 8.42 Å². The second kappa shape index (κ2) is 7.44. The monoisotopic (exact) mass is 431 g/mol. The molecule has 0 spiro atoms. The molecule has 148 valence electrons. The summed E-state index contributed by atoms with van der Waals surface area (Å²) in [6.07, 6.45) is 3.88. The van der Waals surface area contributed by atoms with E-state index in [2.05, 4.69) is 9.71 Å². The maximum absolute atomic E-state index is 12.9. The summed E-state index contributed by atoms with van der Waals surface area (Å²) in [5.41, 5.74) is 4.16. The molecule has 2 aromatic heterocycles. The molecular formula is C23H17N3O2S2. The molecule has 0 atom stereocenters. The highest BCUT2D eigenvalue weighted by Crippen LogP contribution is 2.26. The molecule has 3 aromatic carbocycles. The van der Waals surface area contributed by atoms with Crippen molar-refractivity contribution in [2.75, 3.05) is 4.72 Å². The van der Waals surface area contributed by atoms with Crippen LogP contribution in [-0.4, -0.2) is 17.8 Å². The number of hydrogen-bond donors (Lipinski definition) is 1. The number of aromatic nitrogens is 2. The van der Waals surface area contributed by atoms with Gasteiger partial charge in [0.2, 0.25) is 0 Å². The van der Waals surface area contributed by atoms with Crippen molar-refractivity contribution in [3.8, 4) is 22.4 Å². The molecule has 7 heteroatoms. The summed E-state index contributed by atoms with van der Waals surface area (Å²) in [7, 11) is -3.70. The van der Waals surface area contributed by atoms with Crippen molar-refractivity contribution in [2.24, 2.45) is 0 Å². The van der Waals surface area contributed by atoms with Crippen molar-refractivity contribution in [2.45, 2.75) is 4.90 Å². The molecule has 30 heavy (non-hydrogen) atoms. The van der Waals surface area contributed by atoms with Crippen LogP contribution in [0.3, 0.4) is 0 Å². The lowest BCUT2D eigenvalue weighted by atomic mass is 10.1. The minimum Gasteiger partial charge on any atom is -0.297 e. The Morgan fingerprint density at radius 3 is 2.33 bits per heavy atom. The Balaban J connectivity index is 1.40. The van der Waals surface area contributed by atoms with Gasteiger partial charge in [-0.25, -0.2) is 13.4 Å². The fraction of sp³-hybridized carbons (Fsp3) is 0. The smallest absolute Gasteiger partial charge is 0.261 e. The number of imidazole rings is 1. The highest BCUT2D eigenvalue weighted by Gasteiger charge is 2.15. The van der Waals surface area contributed by atoms with Gasteiger partial charge in [-0.05, 0) is 35.4 Å². The molecule has 0 aliphatic heterocycles. The Labute approximate surface area is 178 Å². The van der Waals surface area contributed by atoms with E-state index in [1.54, 1.807) is 35.6 Å². The molecule has 2 heterocycles. The lowest BCUT2D eigenvalue weighted by molar-refractivity contribution is 0.601. The first kappa shape index (κ1) is 18.6. The van der Waals surface area contributed by atoms with Gasteiger partial charge in [0.15, 0.2) is 4.96 Å². The summed E-state index contributed by atoms with van der Waals surface area (Å²) in [6, 6.07) is 24.0. The normalized spacial score (nSPS) is 11.6. The molecule has 5 nitrogen and oxygen atoms in total. The fourth-order valence-corrected chi connectivity index (χ4v) is 5.03. The maximum atomic E-state index is 12.9. The number of fused-ring (bicyclic) bond motifs is 1. The number of benzene rings is 3. The van der Waals surface area contributed by atoms with E-state index < -0.39 is 10.0 Å². The van der Waals surface area contributed by atoms with Crippen LogP contribution in [0.1, 0.15) is 0 Å². The molecule has 0 radical (unpaired) electrons. The minimum absolute atomic E-state index is 0.218. The van der Waals surface area contributed by atoms with E-state index in [0.717, 1.165) is 27.3 Å². The summed E-state index contributed by atoms with van der Waals surface area (Å²) in [5, 5.41) is 1.97. The Morgan fingerprint density at radius 1 is 0.833 bits per heavy atom. The molecule has 0 aliphatic rings. The van der Waals surface area contributed by atoms with E-state index in [-0.39, 0.29) is 4.90 Å². The lowest BCUT2D eigenvalue weighted by Crippen LogP contribution is -2.12. The number of sulfonamides is 1. The van der Waals surface area contributed by atoms with E-state index in [4.69, 9.17) is 0 Å². The van der Waals surface area contributed by atoms with Crippen molar-refractivity contribution in [3.63, 3.8) is 0 Å². The van der Waals surface area contributed by atoms with Gasteiger partial charge in [-0.3, -0.25) is 9.12 Å².